The minimum Gasteiger partial charge on any atom is -0.324 e. The highest BCUT2D eigenvalue weighted by molar-refractivity contribution is 7.18. The van der Waals surface area contributed by atoms with E-state index in [2.05, 4.69) is 46.4 Å². The summed E-state index contributed by atoms with van der Waals surface area (Å²) in [6, 6.07) is 10.4. The summed E-state index contributed by atoms with van der Waals surface area (Å²) in [6.07, 6.45) is 7.39. The fraction of sp³-hybridized carbons (Fsp3) is 0.154. The maximum absolute atomic E-state index is 4.47. The molecule has 16 heavy (non-hydrogen) atoms. The molecule has 80 valence electrons. The molecule has 3 heteroatoms. The second-order valence-corrected chi connectivity index (χ2v) is 4.75. The Balaban J connectivity index is 1.90. The van der Waals surface area contributed by atoms with Crippen LogP contribution in [0.1, 0.15) is 6.42 Å². The normalized spacial score (nSPS) is 14.6. The lowest BCUT2D eigenvalue weighted by Crippen LogP contribution is -2.11. The Bertz CT molecular complexity index is 502. The molecule has 0 radical (unpaired) electrons. The second-order valence-electron chi connectivity index (χ2n) is 3.74. The van der Waals surface area contributed by atoms with Gasteiger partial charge in [0.2, 0.25) is 0 Å². The van der Waals surface area contributed by atoms with Crippen LogP contribution in [0.2, 0.25) is 0 Å². The Labute approximate surface area is 98.9 Å². The van der Waals surface area contributed by atoms with Gasteiger partial charge in [-0.3, -0.25) is 0 Å². The summed E-state index contributed by atoms with van der Waals surface area (Å²) in [6.45, 7) is 1.06. The van der Waals surface area contributed by atoms with Gasteiger partial charge >= 0.3 is 0 Å². The lowest BCUT2D eigenvalue weighted by molar-refractivity contribution is 0.990. The summed E-state index contributed by atoms with van der Waals surface area (Å²) < 4.78 is 0. The van der Waals surface area contributed by atoms with Crippen LogP contribution in [0.4, 0.5) is 5.13 Å². The highest BCUT2D eigenvalue weighted by atomic mass is 32.1. The van der Waals surface area contributed by atoms with E-state index in [9.17, 15) is 0 Å². The van der Waals surface area contributed by atoms with E-state index in [4.69, 9.17) is 0 Å². The van der Waals surface area contributed by atoms with Crippen LogP contribution in [0, 0.1) is 0 Å². The number of benzene rings is 1. The van der Waals surface area contributed by atoms with Gasteiger partial charge in [0.05, 0.1) is 4.88 Å². The third kappa shape index (κ3) is 1.74. The third-order valence-electron chi connectivity index (χ3n) is 2.62. The molecule has 0 saturated heterocycles. The lowest BCUT2D eigenvalue weighted by atomic mass is 10.2. The summed E-state index contributed by atoms with van der Waals surface area (Å²) in [5, 5.41) is 1.09. The van der Waals surface area contributed by atoms with E-state index in [-0.39, 0.29) is 0 Å². The van der Waals surface area contributed by atoms with E-state index in [0.29, 0.717) is 0 Å². The Hall–Kier alpha value is -1.61. The van der Waals surface area contributed by atoms with Gasteiger partial charge in [-0.05, 0) is 12.0 Å². The van der Waals surface area contributed by atoms with Crippen molar-refractivity contribution in [3.63, 3.8) is 0 Å². The van der Waals surface area contributed by atoms with Crippen molar-refractivity contribution in [3.8, 4) is 10.4 Å². The van der Waals surface area contributed by atoms with Crippen molar-refractivity contribution < 1.29 is 0 Å². The molecule has 0 unspecified atom stereocenters. The molecular formula is C13H12N2S. The third-order valence-corrected chi connectivity index (χ3v) is 3.70. The molecule has 2 nitrogen and oxygen atoms in total. The van der Waals surface area contributed by atoms with Crippen LogP contribution in [0.5, 0.6) is 0 Å². The van der Waals surface area contributed by atoms with Crippen LogP contribution >= 0.6 is 11.3 Å². The molecule has 1 aromatic carbocycles. The largest absolute Gasteiger partial charge is 0.324 e. The van der Waals surface area contributed by atoms with Gasteiger partial charge < -0.3 is 4.90 Å². The van der Waals surface area contributed by atoms with Crippen molar-refractivity contribution in [2.75, 3.05) is 11.4 Å². The first-order chi connectivity index (χ1) is 7.93. The van der Waals surface area contributed by atoms with E-state index in [0.717, 1.165) is 18.1 Å². The Morgan fingerprint density at radius 1 is 1.19 bits per heavy atom. The molecule has 1 aromatic heterocycles. The first kappa shape index (κ1) is 9.60. The van der Waals surface area contributed by atoms with E-state index >= 15 is 0 Å². The number of aromatic nitrogens is 1. The molecule has 1 aliphatic heterocycles. The van der Waals surface area contributed by atoms with Crippen molar-refractivity contribution in [1.82, 2.24) is 4.98 Å². The number of hydrogen-bond acceptors (Lipinski definition) is 3. The monoisotopic (exact) mass is 228 g/mol. The molecule has 0 spiro atoms. The first-order valence-corrected chi connectivity index (χ1v) is 6.20. The van der Waals surface area contributed by atoms with Gasteiger partial charge in [0, 0.05) is 18.9 Å². The average Bonchev–Trinajstić information content (AvgIpc) is 3.01. The average molecular weight is 228 g/mol. The molecule has 0 saturated carbocycles. The summed E-state index contributed by atoms with van der Waals surface area (Å²) in [5.41, 5.74) is 1.24. The Kier molecular flexibility index (Phi) is 2.46. The quantitative estimate of drug-likeness (QED) is 0.781. The Morgan fingerprint density at radius 2 is 2.06 bits per heavy atom. The smallest absolute Gasteiger partial charge is 0.189 e. The van der Waals surface area contributed by atoms with Crippen LogP contribution in [0.3, 0.4) is 0 Å². The van der Waals surface area contributed by atoms with Crippen molar-refractivity contribution in [3.05, 3.63) is 48.8 Å². The highest BCUT2D eigenvalue weighted by Gasteiger charge is 2.11. The van der Waals surface area contributed by atoms with E-state index in [1.807, 2.05) is 12.3 Å². The van der Waals surface area contributed by atoms with Gasteiger partial charge in [0.25, 0.3) is 0 Å². The second kappa shape index (κ2) is 4.10. The van der Waals surface area contributed by atoms with E-state index in [1.165, 1.54) is 10.4 Å². The molecule has 0 bridgehead atoms. The zero-order valence-corrected chi connectivity index (χ0v) is 9.65. The number of anilines is 1. The van der Waals surface area contributed by atoms with Gasteiger partial charge in [-0.2, -0.15) is 0 Å². The SMILES string of the molecule is C1=CN(c2ncc(-c3ccccc3)s2)CC1. The van der Waals surface area contributed by atoms with Crippen LogP contribution in [-0.4, -0.2) is 11.5 Å². The number of hydrogen-bond donors (Lipinski definition) is 0. The standard InChI is InChI=1S/C13H12N2S/c1-2-6-11(7-3-1)12-10-14-13(16-12)15-8-4-5-9-15/h1-4,6-8,10H,5,9H2. The maximum Gasteiger partial charge on any atom is 0.189 e. The van der Waals surface area contributed by atoms with Crippen LogP contribution < -0.4 is 4.90 Å². The molecule has 2 aromatic rings. The van der Waals surface area contributed by atoms with E-state index in [1.54, 1.807) is 11.3 Å². The van der Waals surface area contributed by atoms with Crippen LogP contribution in [0.25, 0.3) is 10.4 Å². The molecule has 0 aliphatic carbocycles. The maximum atomic E-state index is 4.47. The topological polar surface area (TPSA) is 16.1 Å². The lowest BCUT2D eigenvalue weighted by Gasteiger charge is -2.09. The summed E-state index contributed by atoms with van der Waals surface area (Å²) in [7, 11) is 0. The Morgan fingerprint density at radius 3 is 2.81 bits per heavy atom. The zero-order chi connectivity index (χ0) is 10.8. The number of nitrogens with zero attached hydrogens (tertiary/aromatic N) is 2. The zero-order valence-electron chi connectivity index (χ0n) is 8.84. The van der Waals surface area contributed by atoms with Gasteiger partial charge in [-0.1, -0.05) is 47.7 Å². The molecule has 0 fully saturated rings. The van der Waals surface area contributed by atoms with Crippen molar-refractivity contribution in [2.45, 2.75) is 6.42 Å². The molecular weight excluding hydrogens is 216 g/mol. The van der Waals surface area contributed by atoms with Gasteiger partial charge in [0.15, 0.2) is 5.13 Å². The first-order valence-electron chi connectivity index (χ1n) is 5.38. The predicted octanol–water partition coefficient (Wildman–Crippen LogP) is 3.53. The summed E-state index contributed by atoms with van der Waals surface area (Å²) in [5.74, 6) is 0. The summed E-state index contributed by atoms with van der Waals surface area (Å²) >= 11 is 1.75. The fourth-order valence-corrected chi connectivity index (χ4v) is 2.71. The van der Waals surface area contributed by atoms with Gasteiger partial charge in [0.1, 0.15) is 0 Å². The molecule has 1 aliphatic rings. The van der Waals surface area contributed by atoms with E-state index < -0.39 is 0 Å². The van der Waals surface area contributed by atoms with Gasteiger partial charge in [-0.25, -0.2) is 4.98 Å². The van der Waals surface area contributed by atoms with Crippen molar-refractivity contribution in [2.24, 2.45) is 0 Å². The molecule has 0 atom stereocenters. The van der Waals surface area contributed by atoms with Crippen molar-refractivity contribution >= 4 is 16.5 Å². The molecule has 2 heterocycles. The van der Waals surface area contributed by atoms with Crippen LogP contribution in [-0.2, 0) is 0 Å². The summed E-state index contributed by atoms with van der Waals surface area (Å²) in [4.78, 5) is 7.91. The number of rotatable bonds is 2. The number of thiazole rings is 1. The van der Waals surface area contributed by atoms with Crippen molar-refractivity contribution in [1.29, 1.82) is 0 Å². The van der Waals surface area contributed by atoms with Gasteiger partial charge in [-0.15, -0.1) is 0 Å². The highest BCUT2D eigenvalue weighted by Crippen LogP contribution is 2.31. The molecule has 0 amide bonds. The fourth-order valence-electron chi connectivity index (χ4n) is 1.78. The van der Waals surface area contributed by atoms with Crippen LogP contribution in [0.15, 0.2) is 48.8 Å². The predicted molar refractivity (Wildman–Crippen MR) is 68.7 cm³/mol. The minimum atomic E-state index is 1.06. The minimum absolute atomic E-state index is 1.06. The molecule has 3 rings (SSSR count). The molecule has 0 N–H and O–H groups in total.